The summed E-state index contributed by atoms with van der Waals surface area (Å²) in [6.45, 7) is 7.84. The fraction of sp³-hybridized carbons (Fsp3) is 0.316. The molecule has 23 heavy (non-hydrogen) atoms. The minimum atomic E-state index is -0.547. The molecule has 0 aliphatic heterocycles. The number of nitrogens with one attached hydrogen (secondary N) is 1. The predicted octanol–water partition coefficient (Wildman–Crippen LogP) is 5.06. The molecule has 1 amide bonds. The van der Waals surface area contributed by atoms with Crippen LogP contribution in [0.3, 0.4) is 0 Å². The van der Waals surface area contributed by atoms with Crippen LogP contribution in [0.15, 0.2) is 36.4 Å². The van der Waals surface area contributed by atoms with E-state index in [1.165, 1.54) is 0 Å². The number of aryl methyl sites for hydroxylation is 3. The van der Waals surface area contributed by atoms with Gasteiger partial charge in [0.05, 0.1) is 0 Å². The van der Waals surface area contributed by atoms with Gasteiger partial charge in [-0.2, -0.15) is 0 Å². The molecule has 0 spiro atoms. The Morgan fingerprint density at radius 2 is 1.83 bits per heavy atom. The van der Waals surface area contributed by atoms with E-state index in [2.05, 4.69) is 5.32 Å². The Balaban J connectivity index is 2.15. The zero-order valence-electron chi connectivity index (χ0n) is 13.9. The summed E-state index contributed by atoms with van der Waals surface area (Å²) in [5.74, 6) is 0.577. The van der Waals surface area contributed by atoms with Crippen molar-refractivity contribution >= 4 is 23.2 Å². The Kier molecular flexibility index (Phi) is 5.67. The first kappa shape index (κ1) is 17.4. The predicted molar refractivity (Wildman–Crippen MR) is 95.4 cm³/mol. The van der Waals surface area contributed by atoms with Gasteiger partial charge in [-0.25, -0.2) is 0 Å². The summed E-state index contributed by atoms with van der Waals surface area (Å²) in [6.07, 6.45) is 0.0348. The van der Waals surface area contributed by atoms with Crippen LogP contribution in [0.1, 0.15) is 30.0 Å². The van der Waals surface area contributed by atoms with Crippen molar-refractivity contribution in [2.24, 2.45) is 0 Å². The number of hydrogen-bond acceptors (Lipinski definition) is 2. The smallest absolute Gasteiger partial charge is 0.265 e. The number of carbonyl (C=O) groups excluding carboxylic acids is 1. The molecule has 0 fully saturated rings. The average Bonchev–Trinajstić information content (AvgIpc) is 2.51. The van der Waals surface area contributed by atoms with Crippen molar-refractivity contribution in [1.82, 2.24) is 0 Å². The molecule has 0 bridgehead atoms. The summed E-state index contributed by atoms with van der Waals surface area (Å²) in [5, 5.41) is 3.50. The quantitative estimate of drug-likeness (QED) is 0.831. The van der Waals surface area contributed by atoms with Crippen molar-refractivity contribution in [1.29, 1.82) is 0 Å². The Morgan fingerprint density at radius 3 is 2.52 bits per heavy atom. The molecule has 2 aromatic rings. The molecule has 0 saturated carbocycles. The standard InChI is InChI=1S/C19H22ClNO2/c1-5-17(23-18-10-12(2)6-7-14(18)4)19(22)21-16-11-15(20)9-8-13(16)3/h6-11,17H,5H2,1-4H3,(H,21,22)/t17-/m1/s1. The van der Waals surface area contributed by atoms with Gasteiger partial charge in [-0.3, -0.25) is 4.79 Å². The molecule has 2 aromatic carbocycles. The van der Waals surface area contributed by atoms with E-state index in [1.54, 1.807) is 12.1 Å². The van der Waals surface area contributed by atoms with E-state index in [0.717, 1.165) is 22.4 Å². The molecular formula is C19H22ClNO2. The number of rotatable bonds is 5. The molecule has 0 radical (unpaired) electrons. The molecule has 1 N–H and O–H groups in total. The topological polar surface area (TPSA) is 38.3 Å². The Morgan fingerprint density at radius 1 is 1.13 bits per heavy atom. The molecule has 0 aliphatic rings. The van der Waals surface area contributed by atoms with Gasteiger partial charge in [0.15, 0.2) is 6.10 Å². The molecule has 4 heteroatoms. The molecule has 0 heterocycles. The van der Waals surface area contributed by atoms with Gasteiger partial charge >= 0.3 is 0 Å². The first-order chi connectivity index (χ1) is 10.9. The number of benzene rings is 2. The highest BCUT2D eigenvalue weighted by Crippen LogP contribution is 2.23. The third kappa shape index (κ3) is 4.49. The fourth-order valence-corrected chi connectivity index (χ4v) is 2.42. The summed E-state index contributed by atoms with van der Waals surface area (Å²) in [7, 11) is 0. The van der Waals surface area contributed by atoms with E-state index in [9.17, 15) is 4.79 Å². The zero-order valence-corrected chi connectivity index (χ0v) is 14.7. The van der Waals surface area contributed by atoms with Crippen LogP contribution in [-0.2, 0) is 4.79 Å². The first-order valence-electron chi connectivity index (χ1n) is 7.71. The number of amides is 1. The fourth-order valence-electron chi connectivity index (χ4n) is 2.25. The van der Waals surface area contributed by atoms with E-state index in [-0.39, 0.29) is 5.91 Å². The highest BCUT2D eigenvalue weighted by Gasteiger charge is 2.20. The highest BCUT2D eigenvalue weighted by atomic mass is 35.5. The highest BCUT2D eigenvalue weighted by molar-refractivity contribution is 6.31. The molecule has 0 saturated heterocycles. The van der Waals surface area contributed by atoms with E-state index in [4.69, 9.17) is 16.3 Å². The maximum Gasteiger partial charge on any atom is 0.265 e. The van der Waals surface area contributed by atoms with Crippen LogP contribution in [0.25, 0.3) is 0 Å². The molecule has 1 atom stereocenters. The van der Waals surface area contributed by atoms with Crippen LogP contribution in [0.4, 0.5) is 5.69 Å². The first-order valence-corrected chi connectivity index (χ1v) is 8.09. The second kappa shape index (κ2) is 7.51. The summed E-state index contributed by atoms with van der Waals surface area (Å²) < 4.78 is 5.93. The molecule has 3 nitrogen and oxygen atoms in total. The third-order valence-electron chi connectivity index (χ3n) is 3.73. The summed E-state index contributed by atoms with van der Waals surface area (Å²) in [4.78, 5) is 12.5. The van der Waals surface area contributed by atoms with Gasteiger partial charge in [-0.05, 0) is 62.1 Å². The zero-order chi connectivity index (χ0) is 17.0. The number of carbonyl (C=O) groups is 1. The van der Waals surface area contributed by atoms with Crippen LogP contribution in [0.5, 0.6) is 5.75 Å². The minimum absolute atomic E-state index is 0.168. The number of halogens is 1. The lowest BCUT2D eigenvalue weighted by atomic mass is 10.1. The van der Waals surface area contributed by atoms with Gasteiger partial charge in [-0.15, -0.1) is 0 Å². The van der Waals surface area contributed by atoms with Crippen molar-refractivity contribution in [2.45, 2.75) is 40.2 Å². The third-order valence-corrected chi connectivity index (χ3v) is 3.97. The summed E-state index contributed by atoms with van der Waals surface area (Å²) in [6, 6.07) is 11.4. The second-order valence-electron chi connectivity index (χ2n) is 5.73. The van der Waals surface area contributed by atoms with E-state index in [1.807, 2.05) is 52.0 Å². The van der Waals surface area contributed by atoms with Crippen LogP contribution in [-0.4, -0.2) is 12.0 Å². The van der Waals surface area contributed by atoms with Crippen molar-refractivity contribution < 1.29 is 9.53 Å². The largest absolute Gasteiger partial charge is 0.480 e. The van der Waals surface area contributed by atoms with Gasteiger partial charge in [-0.1, -0.05) is 36.7 Å². The van der Waals surface area contributed by atoms with Crippen LogP contribution < -0.4 is 10.1 Å². The summed E-state index contributed by atoms with van der Waals surface area (Å²) >= 11 is 6.00. The molecule has 2 rings (SSSR count). The van der Waals surface area contributed by atoms with Gasteiger partial charge in [0.25, 0.3) is 5.91 Å². The Labute approximate surface area is 142 Å². The Bertz CT molecular complexity index is 713. The van der Waals surface area contributed by atoms with Gasteiger partial charge in [0.2, 0.25) is 0 Å². The van der Waals surface area contributed by atoms with E-state index >= 15 is 0 Å². The lowest BCUT2D eigenvalue weighted by Crippen LogP contribution is -2.32. The molecule has 0 aromatic heterocycles. The van der Waals surface area contributed by atoms with Gasteiger partial charge < -0.3 is 10.1 Å². The number of ether oxygens (including phenoxy) is 1. The molecule has 122 valence electrons. The Hall–Kier alpha value is -2.00. The lowest BCUT2D eigenvalue weighted by Gasteiger charge is -2.19. The molecule has 0 unspecified atom stereocenters. The van der Waals surface area contributed by atoms with Gasteiger partial charge in [0.1, 0.15) is 5.75 Å². The van der Waals surface area contributed by atoms with Crippen LogP contribution in [0.2, 0.25) is 5.02 Å². The minimum Gasteiger partial charge on any atom is -0.480 e. The number of anilines is 1. The van der Waals surface area contributed by atoms with Crippen LogP contribution in [0, 0.1) is 20.8 Å². The average molecular weight is 332 g/mol. The van der Waals surface area contributed by atoms with E-state index in [0.29, 0.717) is 17.1 Å². The SMILES string of the molecule is CC[C@@H](Oc1cc(C)ccc1C)C(=O)Nc1cc(Cl)ccc1C. The molecular weight excluding hydrogens is 310 g/mol. The van der Waals surface area contributed by atoms with Crippen molar-refractivity contribution in [3.8, 4) is 5.75 Å². The monoisotopic (exact) mass is 331 g/mol. The van der Waals surface area contributed by atoms with Crippen molar-refractivity contribution in [3.63, 3.8) is 0 Å². The maximum atomic E-state index is 12.5. The maximum absolute atomic E-state index is 12.5. The van der Waals surface area contributed by atoms with Crippen molar-refractivity contribution in [2.75, 3.05) is 5.32 Å². The second-order valence-corrected chi connectivity index (χ2v) is 6.17. The molecule has 0 aliphatic carbocycles. The summed E-state index contributed by atoms with van der Waals surface area (Å²) in [5.41, 5.74) is 3.79. The van der Waals surface area contributed by atoms with Crippen LogP contribution >= 0.6 is 11.6 Å². The van der Waals surface area contributed by atoms with E-state index < -0.39 is 6.10 Å². The van der Waals surface area contributed by atoms with Crippen molar-refractivity contribution in [3.05, 3.63) is 58.1 Å². The van der Waals surface area contributed by atoms with Gasteiger partial charge in [0, 0.05) is 10.7 Å². The number of hydrogen-bond donors (Lipinski definition) is 1. The normalized spacial score (nSPS) is 11.9. The lowest BCUT2D eigenvalue weighted by molar-refractivity contribution is -0.122.